The predicted molar refractivity (Wildman–Crippen MR) is 123 cm³/mol. The van der Waals surface area contributed by atoms with Crippen LogP contribution in [-0.2, 0) is 27.5 Å². The number of sulfone groups is 1. The SMILES string of the molecule is CCCc1ccc(-c2nc(NC(=O)Cc3ccc(S(=O)(=O)CC)cc3)sc2C)cc1. The maximum atomic E-state index is 12.4. The molecular formula is C23H26N2O3S2. The summed E-state index contributed by atoms with van der Waals surface area (Å²) in [6.07, 6.45) is 2.33. The number of nitrogens with zero attached hydrogens (tertiary/aromatic N) is 1. The zero-order valence-electron chi connectivity index (χ0n) is 17.4. The number of benzene rings is 2. The molecule has 0 spiro atoms. The molecule has 0 saturated carbocycles. The molecule has 5 nitrogen and oxygen atoms in total. The van der Waals surface area contributed by atoms with E-state index in [0.717, 1.165) is 34.5 Å². The van der Waals surface area contributed by atoms with E-state index in [4.69, 9.17) is 0 Å². The highest BCUT2D eigenvalue weighted by molar-refractivity contribution is 7.91. The van der Waals surface area contributed by atoms with Gasteiger partial charge in [-0.15, -0.1) is 11.3 Å². The third-order valence-corrected chi connectivity index (χ3v) is 7.47. The minimum atomic E-state index is -3.24. The van der Waals surface area contributed by atoms with Gasteiger partial charge in [-0.25, -0.2) is 13.4 Å². The Bertz CT molecular complexity index is 1120. The summed E-state index contributed by atoms with van der Waals surface area (Å²) in [4.78, 5) is 18.4. The molecule has 3 aromatic rings. The Labute approximate surface area is 182 Å². The van der Waals surface area contributed by atoms with Crippen molar-refractivity contribution in [1.82, 2.24) is 4.98 Å². The van der Waals surface area contributed by atoms with Crippen molar-refractivity contribution in [3.63, 3.8) is 0 Å². The number of hydrogen-bond acceptors (Lipinski definition) is 5. The van der Waals surface area contributed by atoms with Crippen LogP contribution >= 0.6 is 11.3 Å². The molecule has 1 N–H and O–H groups in total. The second-order valence-corrected chi connectivity index (χ2v) is 10.6. The van der Waals surface area contributed by atoms with E-state index in [-0.39, 0.29) is 23.0 Å². The standard InChI is InChI=1S/C23H26N2O3S2/c1-4-6-17-7-11-19(12-8-17)22-16(3)29-23(25-22)24-21(26)15-18-9-13-20(14-10-18)30(27,28)5-2/h7-14H,4-6,15H2,1-3H3,(H,24,25,26). The van der Waals surface area contributed by atoms with E-state index in [1.807, 2.05) is 6.92 Å². The molecule has 0 unspecified atom stereocenters. The summed E-state index contributed by atoms with van der Waals surface area (Å²) in [7, 11) is -3.24. The third-order valence-electron chi connectivity index (χ3n) is 4.84. The summed E-state index contributed by atoms with van der Waals surface area (Å²) in [5.41, 5.74) is 3.98. The molecule has 0 aliphatic heterocycles. The Morgan fingerprint density at radius 2 is 1.63 bits per heavy atom. The van der Waals surface area contributed by atoms with Crippen LogP contribution in [-0.4, -0.2) is 25.1 Å². The molecule has 1 amide bonds. The van der Waals surface area contributed by atoms with Gasteiger partial charge in [-0.1, -0.05) is 56.7 Å². The van der Waals surface area contributed by atoms with E-state index in [1.54, 1.807) is 31.2 Å². The van der Waals surface area contributed by atoms with Crippen molar-refractivity contribution in [1.29, 1.82) is 0 Å². The second-order valence-electron chi connectivity index (χ2n) is 7.14. The summed E-state index contributed by atoms with van der Waals surface area (Å²) in [5, 5.41) is 3.42. The van der Waals surface area contributed by atoms with Crippen LogP contribution in [0.25, 0.3) is 11.3 Å². The molecule has 2 aromatic carbocycles. The van der Waals surface area contributed by atoms with Gasteiger partial charge in [0.1, 0.15) is 0 Å². The average molecular weight is 443 g/mol. The van der Waals surface area contributed by atoms with Crippen molar-refractivity contribution < 1.29 is 13.2 Å². The second kappa shape index (κ2) is 9.53. The van der Waals surface area contributed by atoms with Crippen molar-refractivity contribution >= 4 is 32.2 Å². The summed E-state index contributed by atoms with van der Waals surface area (Å²) >= 11 is 1.45. The monoisotopic (exact) mass is 442 g/mol. The molecule has 1 heterocycles. The van der Waals surface area contributed by atoms with Gasteiger partial charge in [0.25, 0.3) is 0 Å². The van der Waals surface area contributed by atoms with Gasteiger partial charge < -0.3 is 5.32 Å². The van der Waals surface area contributed by atoms with Crippen LogP contribution in [0.1, 0.15) is 36.3 Å². The number of amides is 1. The lowest BCUT2D eigenvalue weighted by Gasteiger charge is -2.05. The van der Waals surface area contributed by atoms with Crippen LogP contribution in [0, 0.1) is 6.92 Å². The fourth-order valence-electron chi connectivity index (χ4n) is 3.17. The van der Waals surface area contributed by atoms with Gasteiger partial charge in [-0.3, -0.25) is 4.79 Å². The number of rotatable bonds is 8. The third kappa shape index (κ3) is 5.34. The number of carbonyl (C=O) groups excluding carboxylic acids is 1. The van der Waals surface area contributed by atoms with Crippen molar-refractivity contribution in [3.05, 3.63) is 64.5 Å². The van der Waals surface area contributed by atoms with Gasteiger partial charge in [-0.05, 0) is 36.6 Å². The first-order valence-electron chi connectivity index (χ1n) is 10.0. The van der Waals surface area contributed by atoms with Gasteiger partial charge in [0.2, 0.25) is 5.91 Å². The van der Waals surface area contributed by atoms with Crippen LogP contribution in [0.15, 0.2) is 53.4 Å². The lowest BCUT2D eigenvalue weighted by Crippen LogP contribution is -2.14. The molecule has 30 heavy (non-hydrogen) atoms. The Morgan fingerprint density at radius 1 is 1.00 bits per heavy atom. The normalized spacial score (nSPS) is 11.4. The van der Waals surface area contributed by atoms with E-state index in [1.165, 1.54) is 16.9 Å². The number of hydrogen-bond donors (Lipinski definition) is 1. The molecule has 7 heteroatoms. The maximum absolute atomic E-state index is 12.4. The molecule has 0 fully saturated rings. The molecule has 0 bridgehead atoms. The Hall–Kier alpha value is -2.51. The molecular weight excluding hydrogens is 416 g/mol. The minimum absolute atomic E-state index is 0.0555. The van der Waals surface area contributed by atoms with Gasteiger partial charge in [0.15, 0.2) is 15.0 Å². The van der Waals surface area contributed by atoms with Crippen LogP contribution in [0.3, 0.4) is 0 Å². The van der Waals surface area contributed by atoms with Crippen molar-refractivity contribution in [2.75, 3.05) is 11.1 Å². The molecule has 0 aliphatic rings. The highest BCUT2D eigenvalue weighted by atomic mass is 32.2. The summed E-state index contributed by atoms with van der Waals surface area (Å²) in [6.45, 7) is 5.77. The molecule has 0 atom stereocenters. The number of carbonyl (C=O) groups is 1. The number of anilines is 1. The van der Waals surface area contributed by atoms with Gasteiger partial charge in [0.05, 0.1) is 22.8 Å². The molecule has 3 rings (SSSR count). The van der Waals surface area contributed by atoms with E-state index in [2.05, 4.69) is 41.5 Å². The first-order valence-corrected chi connectivity index (χ1v) is 12.5. The van der Waals surface area contributed by atoms with Crippen LogP contribution in [0.2, 0.25) is 0 Å². The van der Waals surface area contributed by atoms with E-state index < -0.39 is 9.84 Å². The maximum Gasteiger partial charge on any atom is 0.230 e. The quantitative estimate of drug-likeness (QED) is 0.530. The fraction of sp³-hybridized carbons (Fsp3) is 0.304. The first-order chi connectivity index (χ1) is 14.3. The van der Waals surface area contributed by atoms with Gasteiger partial charge in [0, 0.05) is 10.4 Å². The van der Waals surface area contributed by atoms with E-state index in [0.29, 0.717) is 5.13 Å². The topological polar surface area (TPSA) is 76.1 Å². The van der Waals surface area contributed by atoms with Crippen LogP contribution < -0.4 is 5.32 Å². The predicted octanol–water partition coefficient (Wildman–Crippen LogP) is 5.05. The Morgan fingerprint density at radius 3 is 2.23 bits per heavy atom. The van der Waals surface area contributed by atoms with E-state index >= 15 is 0 Å². The lowest BCUT2D eigenvalue weighted by molar-refractivity contribution is -0.115. The van der Waals surface area contributed by atoms with Crippen molar-refractivity contribution in [3.8, 4) is 11.3 Å². The van der Waals surface area contributed by atoms with E-state index in [9.17, 15) is 13.2 Å². The Kier molecular flexibility index (Phi) is 7.05. The summed E-state index contributed by atoms with van der Waals surface area (Å²) in [5.74, 6) is -0.125. The highest BCUT2D eigenvalue weighted by Crippen LogP contribution is 2.30. The zero-order valence-corrected chi connectivity index (χ0v) is 19.1. The molecule has 158 valence electrons. The highest BCUT2D eigenvalue weighted by Gasteiger charge is 2.14. The van der Waals surface area contributed by atoms with Gasteiger partial charge in [-0.2, -0.15) is 0 Å². The molecule has 0 saturated heterocycles. The number of nitrogens with one attached hydrogen (secondary N) is 1. The van der Waals surface area contributed by atoms with Crippen molar-refractivity contribution in [2.45, 2.75) is 44.9 Å². The van der Waals surface area contributed by atoms with Crippen LogP contribution in [0.4, 0.5) is 5.13 Å². The molecule has 0 radical (unpaired) electrons. The summed E-state index contributed by atoms with van der Waals surface area (Å²) < 4.78 is 23.8. The molecule has 1 aromatic heterocycles. The van der Waals surface area contributed by atoms with Gasteiger partial charge >= 0.3 is 0 Å². The number of aromatic nitrogens is 1. The largest absolute Gasteiger partial charge is 0.302 e. The van der Waals surface area contributed by atoms with Crippen LogP contribution in [0.5, 0.6) is 0 Å². The fourth-order valence-corrected chi connectivity index (χ4v) is 4.90. The smallest absolute Gasteiger partial charge is 0.230 e. The average Bonchev–Trinajstić information content (AvgIpc) is 3.09. The Balaban J connectivity index is 1.67. The minimum Gasteiger partial charge on any atom is -0.302 e. The van der Waals surface area contributed by atoms with Crippen molar-refractivity contribution in [2.24, 2.45) is 0 Å². The molecule has 0 aliphatic carbocycles. The number of aryl methyl sites for hydroxylation is 2. The summed E-state index contributed by atoms with van der Waals surface area (Å²) in [6, 6.07) is 14.9. The first kappa shape index (κ1) is 22.2. The zero-order chi connectivity index (χ0) is 21.7. The lowest BCUT2D eigenvalue weighted by atomic mass is 10.1. The number of thiazole rings is 1.